The Hall–Kier alpha value is -4.13. The molecule has 13 nitrogen and oxygen atoms in total. The average molecular weight is 592 g/mol. The summed E-state index contributed by atoms with van der Waals surface area (Å²) in [6, 6.07) is -4.14. The van der Waals surface area contributed by atoms with Gasteiger partial charge in [0.15, 0.2) is 17.6 Å². The molecule has 4 aliphatic heterocycles. The first-order chi connectivity index (χ1) is 18.9. The maximum absolute atomic E-state index is 13.6. The predicted octanol–water partition coefficient (Wildman–Crippen LogP) is -1.35. The molecule has 1 aromatic rings. The Labute approximate surface area is 225 Å². The number of nitrogens with zero attached hydrogens (tertiary/aromatic N) is 4. The number of aliphatic hydroxyl groups is 2. The van der Waals surface area contributed by atoms with E-state index in [1.165, 1.54) is 0 Å². The fourth-order valence-electron chi connectivity index (χ4n) is 5.64. The van der Waals surface area contributed by atoms with E-state index in [0.29, 0.717) is 0 Å². The number of carbonyl (C=O) groups excluding carboxylic acids is 3. The lowest BCUT2D eigenvalue weighted by molar-refractivity contribution is -0.230. The zero-order valence-electron chi connectivity index (χ0n) is 20.6. The van der Waals surface area contributed by atoms with Crippen LogP contribution < -0.4 is 22.1 Å². The van der Waals surface area contributed by atoms with Gasteiger partial charge in [-0.25, -0.2) is 9.98 Å². The van der Waals surface area contributed by atoms with Crippen molar-refractivity contribution >= 4 is 29.6 Å². The molecule has 3 unspecified atom stereocenters. The molecular formula is C22H22F6N8O5. The number of hydrogen-bond acceptors (Lipinski definition) is 11. The quantitative estimate of drug-likeness (QED) is 0.139. The molecule has 2 saturated heterocycles. The Bertz CT molecular complexity index is 1380. The molecule has 0 saturated carbocycles. The van der Waals surface area contributed by atoms with Crippen LogP contribution in [-0.2, 0) is 21.9 Å². The summed E-state index contributed by atoms with van der Waals surface area (Å²) in [5, 5.41) is 27.3. The number of likely N-dealkylation sites (tertiary alicyclic amines) is 1. The molecule has 0 radical (unpaired) electrons. The van der Waals surface area contributed by atoms with E-state index in [9.17, 15) is 50.9 Å². The number of aliphatic imine (C=N–C) groups is 2. The van der Waals surface area contributed by atoms with Gasteiger partial charge in [0.05, 0.1) is 29.3 Å². The second-order valence-electron chi connectivity index (χ2n) is 9.92. The minimum atomic E-state index is -5.23. The van der Waals surface area contributed by atoms with Crippen LogP contribution in [0.15, 0.2) is 28.2 Å². The summed E-state index contributed by atoms with van der Waals surface area (Å²) < 4.78 is 80.5. The number of nitrogens with one attached hydrogen (secondary N) is 2. The molecule has 8 N–H and O–H groups in total. The van der Waals surface area contributed by atoms with Crippen molar-refractivity contribution in [3.63, 3.8) is 0 Å². The topological polar surface area (TPSA) is 199 Å². The van der Waals surface area contributed by atoms with E-state index in [-0.39, 0.29) is 49.5 Å². The van der Waals surface area contributed by atoms with Gasteiger partial charge in [0, 0.05) is 19.4 Å². The number of alkyl halides is 6. The van der Waals surface area contributed by atoms with E-state index in [2.05, 4.69) is 15.3 Å². The van der Waals surface area contributed by atoms with Crippen LogP contribution in [0.1, 0.15) is 34.3 Å². The Morgan fingerprint density at radius 1 is 1.07 bits per heavy atom. The number of imide groups is 1. The van der Waals surface area contributed by atoms with Crippen molar-refractivity contribution in [1.82, 2.24) is 20.4 Å². The summed E-state index contributed by atoms with van der Waals surface area (Å²) in [6.07, 6.45) is -10.4. The maximum atomic E-state index is 13.6. The summed E-state index contributed by atoms with van der Waals surface area (Å²) in [4.78, 5) is 47.6. The lowest BCUT2D eigenvalue weighted by Crippen LogP contribution is -2.78. The van der Waals surface area contributed by atoms with Crippen LogP contribution >= 0.6 is 0 Å². The van der Waals surface area contributed by atoms with Crippen molar-refractivity contribution in [2.24, 2.45) is 21.5 Å². The summed E-state index contributed by atoms with van der Waals surface area (Å²) >= 11 is 0. The highest BCUT2D eigenvalue weighted by Gasteiger charge is 2.73. The van der Waals surface area contributed by atoms with Crippen molar-refractivity contribution in [3.05, 3.63) is 34.9 Å². The highest BCUT2D eigenvalue weighted by atomic mass is 19.4. The molecule has 4 atom stereocenters. The Morgan fingerprint density at radius 3 is 2.29 bits per heavy atom. The van der Waals surface area contributed by atoms with Crippen LogP contribution in [0.2, 0.25) is 0 Å². The highest BCUT2D eigenvalue weighted by molar-refractivity contribution is 6.02. The van der Waals surface area contributed by atoms with E-state index >= 15 is 0 Å². The Morgan fingerprint density at radius 2 is 1.71 bits per heavy atom. The third kappa shape index (κ3) is 4.30. The standard InChI is InChI=1S/C22H22F6N8O5/c23-21(24,25)8-1-2-10(22(26,27)28)9(5-8)16(39)32-12-7-36-18(30)31-11(6-35-13(37)3-4-14(35)38)15-19(36,20(12,40)41)34-17(29)33-15/h1-2,5,11-12,15,40-41H,3-4,6-7H2,(H2,30,31)(H,32,39)(H3,29,33,34)/t11-,12?,15?,19?/m0/s1. The number of benzene rings is 1. The van der Waals surface area contributed by atoms with Crippen LogP contribution in [-0.4, -0.2) is 92.3 Å². The number of carbonyl (C=O) groups is 3. The minimum Gasteiger partial charge on any atom is -0.370 e. The largest absolute Gasteiger partial charge is 0.417 e. The average Bonchev–Trinajstić information content (AvgIpc) is 3.45. The Kier molecular flexibility index (Phi) is 6.19. The number of amides is 3. The number of halogens is 6. The normalized spacial score (nSPS) is 29.1. The molecular weight excluding hydrogens is 570 g/mol. The van der Waals surface area contributed by atoms with Gasteiger partial charge in [-0.05, 0) is 18.2 Å². The molecule has 19 heteroatoms. The number of nitrogens with two attached hydrogens (primary N) is 2. The third-order valence-electron chi connectivity index (χ3n) is 7.53. The van der Waals surface area contributed by atoms with Crippen molar-refractivity contribution in [2.45, 2.75) is 54.8 Å². The minimum absolute atomic E-state index is 0.00278. The van der Waals surface area contributed by atoms with Gasteiger partial charge in [0.1, 0.15) is 12.1 Å². The number of rotatable bonds is 4. The van der Waals surface area contributed by atoms with Crippen molar-refractivity contribution in [3.8, 4) is 0 Å². The maximum Gasteiger partial charge on any atom is 0.417 e. The smallest absolute Gasteiger partial charge is 0.370 e. The SMILES string of the molecule is NC1=NC2[C@H](CN3C(=O)CCC3=O)N=C(N)N3CC(NC(=O)c4cc(C(F)(F)F)ccc4C(F)(F)F)C(O)(O)C23N1. The van der Waals surface area contributed by atoms with Crippen LogP contribution in [0, 0.1) is 0 Å². The first-order valence-electron chi connectivity index (χ1n) is 12.0. The van der Waals surface area contributed by atoms with Crippen LogP contribution in [0.3, 0.4) is 0 Å². The predicted molar refractivity (Wildman–Crippen MR) is 124 cm³/mol. The van der Waals surface area contributed by atoms with Gasteiger partial charge in [-0.15, -0.1) is 0 Å². The monoisotopic (exact) mass is 592 g/mol. The van der Waals surface area contributed by atoms with E-state index in [1.54, 1.807) is 0 Å². The molecule has 5 rings (SSSR count). The second kappa shape index (κ2) is 8.93. The summed E-state index contributed by atoms with van der Waals surface area (Å²) in [5.41, 5.74) is 5.06. The molecule has 4 heterocycles. The molecule has 2 fully saturated rings. The van der Waals surface area contributed by atoms with Crippen LogP contribution in [0.4, 0.5) is 26.3 Å². The molecule has 3 amide bonds. The third-order valence-corrected chi connectivity index (χ3v) is 7.53. The number of hydrogen-bond donors (Lipinski definition) is 6. The van der Waals surface area contributed by atoms with Gasteiger partial charge >= 0.3 is 12.4 Å². The molecule has 0 bridgehead atoms. The van der Waals surface area contributed by atoms with Gasteiger partial charge in [-0.2, -0.15) is 26.3 Å². The molecule has 0 aromatic heterocycles. The molecule has 41 heavy (non-hydrogen) atoms. The van der Waals surface area contributed by atoms with Gasteiger partial charge < -0.3 is 37.2 Å². The summed E-state index contributed by atoms with van der Waals surface area (Å²) in [5.74, 6) is -6.61. The van der Waals surface area contributed by atoms with Crippen molar-refractivity contribution in [2.75, 3.05) is 13.1 Å². The van der Waals surface area contributed by atoms with E-state index in [0.717, 1.165) is 9.80 Å². The van der Waals surface area contributed by atoms with Gasteiger partial charge in [0.2, 0.25) is 17.6 Å². The van der Waals surface area contributed by atoms with E-state index in [1.807, 2.05) is 5.32 Å². The van der Waals surface area contributed by atoms with Crippen molar-refractivity contribution < 1.29 is 50.9 Å². The zero-order chi connectivity index (χ0) is 30.3. The lowest BCUT2D eigenvalue weighted by Gasteiger charge is -2.49. The fourth-order valence-corrected chi connectivity index (χ4v) is 5.64. The summed E-state index contributed by atoms with van der Waals surface area (Å²) in [6.45, 7) is -0.988. The molecule has 1 aromatic carbocycles. The zero-order valence-corrected chi connectivity index (χ0v) is 20.6. The Balaban J connectivity index is 1.49. The first-order valence-corrected chi connectivity index (χ1v) is 12.0. The molecule has 0 aliphatic carbocycles. The highest BCUT2D eigenvalue weighted by Crippen LogP contribution is 2.45. The first kappa shape index (κ1) is 28.4. The summed E-state index contributed by atoms with van der Waals surface area (Å²) in [7, 11) is 0. The lowest BCUT2D eigenvalue weighted by atomic mass is 9.84. The fraction of sp³-hybridized carbons (Fsp3) is 0.500. The van der Waals surface area contributed by atoms with Gasteiger partial charge in [-0.1, -0.05) is 0 Å². The van der Waals surface area contributed by atoms with Gasteiger partial charge in [-0.3, -0.25) is 19.3 Å². The number of guanidine groups is 2. The van der Waals surface area contributed by atoms with Crippen molar-refractivity contribution in [1.29, 1.82) is 0 Å². The van der Waals surface area contributed by atoms with E-state index in [4.69, 9.17) is 11.5 Å². The van der Waals surface area contributed by atoms with Crippen LogP contribution in [0.5, 0.6) is 0 Å². The van der Waals surface area contributed by atoms with Crippen LogP contribution in [0.25, 0.3) is 0 Å². The second-order valence-corrected chi connectivity index (χ2v) is 9.92. The molecule has 222 valence electrons. The van der Waals surface area contributed by atoms with E-state index < -0.39 is 82.9 Å². The van der Waals surface area contributed by atoms with Gasteiger partial charge in [0.25, 0.3) is 5.91 Å². The molecule has 4 aliphatic rings. The molecule has 1 spiro atoms.